The average Bonchev–Trinajstić information content (AvgIpc) is 2.46. The number of nitrogens with two attached hydrogens (primary N) is 1. The largest absolute Gasteiger partial charge is 0.486 e. The molecule has 0 amide bonds. The van der Waals surface area contributed by atoms with Gasteiger partial charge in [-0.1, -0.05) is 22.0 Å². The predicted octanol–water partition coefficient (Wildman–Crippen LogP) is 3.53. The summed E-state index contributed by atoms with van der Waals surface area (Å²) in [5.74, 6) is -0.381. The molecule has 5 nitrogen and oxygen atoms in total. The fraction of sp³-hybridized carbons (Fsp3) is 0.143. The number of halogens is 2. The summed E-state index contributed by atoms with van der Waals surface area (Å²) in [5, 5.41) is 10.6. The van der Waals surface area contributed by atoms with Crippen LogP contribution in [0.3, 0.4) is 0 Å². The van der Waals surface area contributed by atoms with Gasteiger partial charge in [-0.05, 0) is 23.8 Å². The second-order valence-electron chi connectivity index (χ2n) is 4.29. The van der Waals surface area contributed by atoms with Crippen molar-refractivity contribution in [1.29, 1.82) is 0 Å². The van der Waals surface area contributed by atoms with Crippen LogP contribution in [0.4, 0.5) is 10.1 Å². The normalized spacial score (nSPS) is 10.4. The maximum atomic E-state index is 13.7. The molecule has 0 aliphatic heterocycles. The van der Waals surface area contributed by atoms with Gasteiger partial charge in [-0.25, -0.2) is 4.39 Å². The van der Waals surface area contributed by atoms with E-state index in [1.54, 1.807) is 12.1 Å². The zero-order valence-corrected chi connectivity index (χ0v) is 12.5. The molecule has 0 spiro atoms. The number of rotatable bonds is 5. The highest BCUT2D eigenvalue weighted by Gasteiger charge is 2.10. The Morgan fingerprint density at radius 1 is 1.29 bits per heavy atom. The second kappa shape index (κ2) is 6.64. The number of nitro groups is 1. The molecule has 2 aromatic rings. The molecule has 0 bridgehead atoms. The first-order chi connectivity index (χ1) is 10.0. The van der Waals surface area contributed by atoms with Gasteiger partial charge in [-0.3, -0.25) is 10.1 Å². The first kappa shape index (κ1) is 15.4. The van der Waals surface area contributed by atoms with Crippen molar-refractivity contribution in [3.8, 4) is 5.75 Å². The van der Waals surface area contributed by atoms with Crippen molar-refractivity contribution in [1.82, 2.24) is 0 Å². The van der Waals surface area contributed by atoms with E-state index in [1.807, 2.05) is 0 Å². The molecule has 0 aromatic heterocycles. The van der Waals surface area contributed by atoms with Gasteiger partial charge in [0.1, 0.15) is 6.61 Å². The molecule has 0 unspecified atom stereocenters. The topological polar surface area (TPSA) is 78.4 Å². The van der Waals surface area contributed by atoms with Gasteiger partial charge < -0.3 is 10.5 Å². The zero-order chi connectivity index (χ0) is 15.4. The van der Waals surface area contributed by atoms with Gasteiger partial charge in [0.05, 0.1) is 4.92 Å². The van der Waals surface area contributed by atoms with Crippen molar-refractivity contribution < 1.29 is 14.1 Å². The molecule has 21 heavy (non-hydrogen) atoms. The van der Waals surface area contributed by atoms with Crippen LogP contribution >= 0.6 is 15.9 Å². The maximum Gasteiger partial charge on any atom is 0.270 e. The minimum Gasteiger partial charge on any atom is -0.486 e. The number of hydrogen-bond acceptors (Lipinski definition) is 4. The molecule has 0 saturated carbocycles. The third-order valence-electron chi connectivity index (χ3n) is 2.86. The Kier molecular flexibility index (Phi) is 4.87. The van der Waals surface area contributed by atoms with Gasteiger partial charge in [0.25, 0.3) is 5.69 Å². The van der Waals surface area contributed by atoms with E-state index in [-0.39, 0.29) is 24.6 Å². The SMILES string of the molecule is NCc1ccc(OCc2ccc([N+](=O)[O-])cc2Br)c(F)c1. The lowest BCUT2D eigenvalue weighted by molar-refractivity contribution is -0.384. The van der Waals surface area contributed by atoms with Crippen molar-refractivity contribution >= 4 is 21.6 Å². The number of ether oxygens (including phenoxy) is 1. The van der Waals surface area contributed by atoms with Gasteiger partial charge in [0.2, 0.25) is 0 Å². The van der Waals surface area contributed by atoms with Gasteiger partial charge in [-0.15, -0.1) is 0 Å². The van der Waals surface area contributed by atoms with Crippen LogP contribution in [0.25, 0.3) is 0 Å². The highest BCUT2D eigenvalue weighted by Crippen LogP contribution is 2.25. The Balaban J connectivity index is 2.11. The van der Waals surface area contributed by atoms with E-state index in [2.05, 4.69) is 15.9 Å². The van der Waals surface area contributed by atoms with Crippen molar-refractivity contribution in [3.63, 3.8) is 0 Å². The van der Waals surface area contributed by atoms with E-state index in [4.69, 9.17) is 10.5 Å². The van der Waals surface area contributed by atoms with E-state index in [9.17, 15) is 14.5 Å². The van der Waals surface area contributed by atoms with E-state index in [0.29, 0.717) is 15.6 Å². The minimum absolute atomic E-state index is 0.0240. The molecule has 0 heterocycles. The van der Waals surface area contributed by atoms with Crippen LogP contribution in [-0.4, -0.2) is 4.92 Å². The summed E-state index contributed by atoms with van der Waals surface area (Å²) in [5.41, 5.74) is 6.76. The summed E-state index contributed by atoms with van der Waals surface area (Å²) in [6, 6.07) is 8.83. The molecule has 0 aliphatic rings. The Morgan fingerprint density at radius 3 is 2.62 bits per heavy atom. The van der Waals surface area contributed by atoms with Crippen molar-refractivity contribution in [2.45, 2.75) is 13.2 Å². The Hall–Kier alpha value is -1.99. The van der Waals surface area contributed by atoms with Gasteiger partial charge >= 0.3 is 0 Å². The van der Waals surface area contributed by atoms with E-state index in [1.165, 1.54) is 24.3 Å². The smallest absolute Gasteiger partial charge is 0.270 e. The van der Waals surface area contributed by atoms with Gasteiger partial charge in [0.15, 0.2) is 11.6 Å². The molecule has 0 aliphatic carbocycles. The fourth-order valence-corrected chi connectivity index (χ4v) is 2.19. The molecular weight excluding hydrogens is 343 g/mol. The van der Waals surface area contributed by atoms with Gasteiger partial charge in [0, 0.05) is 28.7 Å². The summed E-state index contributed by atoms with van der Waals surface area (Å²) < 4.78 is 19.7. The van der Waals surface area contributed by atoms with Crippen LogP contribution in [0, 0.1) is 15.9 Å². The Morgan fingerprint density at radius 2 is 2.05 bits per heavy atom. The highest BCUT2D eigenvalue weighted by atomic mass is 79.9. The third-order valence-corrected chi connectivity index (χ3v) is 3.60. The molecular formula is C14H12BrFN2O3. The minimum atomic E-state index is -0.490. The zero-order valence-electron chi connectivity index (χ0n) is 10.9. The van der Waals surface area contributed by atoms with Crippen LogP contribution < -0.4 is 10.5 Å². The molecule has 110 valence electrons. The number of nitro benzene ring substituents is 1. The quantitative estimate of drug-likeness (QED) is 0.657. The summed E-state index contributed by atoms with van der Waals surface area (Å²) in [6.45, 7) is 0.350. The Labute approximate surface area is 128 Å². The molecule has 0 atom stereocenters. The molecule has 2 N–H and O–H groups in total. The van der Waals surface area contributed by atoms with E-state index < -0.39 is 10.7 Å². The highest BCUT2D eigenvalue weighted by molar-refractivity contribution is 9.10. The summed E-state index contributed by atoms with van der Waals surface area (Å²) in [6.07, 6.45) is 0. The van der Waals surface area contributed by atoms with Crippen molar-refractivity contribution in [3.05, 3.63) is 67.9 Å². The Bertz CT molecular complexity index is 679. The first-order valence-electron chi connectivity index (χ1n) is 6.05. The lowest BCUT2D eigenvalue weighted by Gasteiger charge is -2.09. The maximum absolute atomic E-state index is 13.7. The molecule has 7 heteroatoms. The van der Waals surface area contributed by atoms with Crippen LogP contribution in [0.1, 0.15) is 11.1 Å². The number of nitrogens with zero attached hydrogens (tertiary/aromatic N) is 1. The third kappa shape index (κ3) is 3.77. The summed E-state index contributed by atoms with van der Waals surface area (Å²) in [4.78, 5) is 10.2. The standard InChI is InChI=1S/C14H12BrFN2O3/c15-12-6-11(18(19)20)3-2-10(12)8-21-14-4-1-9(7-17)5-13(14)16/h1-6H,7-8,17H2. The molecule has 2 rings (SSSR count). The van der Waals surface area contributed by atoms with Crippen molar-refractivity contribution in [2.24, 2.45) is 5.73 Å². The number of hydrogen-bond donors (Lipinski definition) is 1. The predicted molar refractivity (Wildman–Crippen MR) is 79.4 cm³/mol. The van der Waals surface area contributed by atoms with E-state index in [0.717, 1.165) is 0 Å². The molecule has 0 fully saturated rings. The lowest BCUT2D eigenvalue weighted by atomic mass is 10.2. The molecule has 2 aromatic carbocycles. The molecule has 0 radical (unpaired) electrons. The van der Waals surface area contributed by atoms with Gasteiger partial charge in [-0.2, -0.15) is 0 Å². The first-order valence-corrected chi connectivity index (χ1v) is 6.84. The average molecular weight is 355 g/mol. The van der Waals surface area contributed by atoms with Crippen LogP contribution in [0.5, 0.6) is 5.75 Å². The number of non-ortho nitro benzene ring substituents is 1. The monoisotopic (exact) mass is 354 g/mol. The van der Waals surface area contributed by atoms with Crippen molar-refractivity contribution in [2.75, 3.05) is 0 Å². The van der Waals surface area contributed by atoms with Crippen LogP contribution in [0.2, 0.25) is 0 Å². The second-order valence-corrected chi connectivity index (χ2v) is 5.14. The van der Waals surface area contributed by atoms with E-state index >= 15 is 0 Å². The molecule has 0 saturated heterocycles. The summed E-state index contributed by atoms with van der Waals surface area (Å²) >= 11 is 3.24. The fourth-order valence-electron chi connectivity index (χ4n) is 1.71. The number of benzene rings is 2. The lowest BCUT2D eigenvalue weighted by Crippen LogP contribution is -2.01. The van der Waals surface area contributed by atoms with Crippen LogP contribution in [-0.2, 0) is 13.2 Å². The summed E-state index contributed by atoms with van der Waals surface area (Å²) in [7, 11) is 0. The van der Waals surface area contributed by atoms with Crippen LogP contribution in [0.15, 0.2) is 40.9 Å².